The molecule has 0 amide bonds. The molecule has 0 aliphatic carbocycles. The number of aryl methyl sites for hydroxylation is 1. The van der Waals surface area contributed by atoms with Crippen LogP contribution in [0.3, 0.4) is 0 Å². The highest BCUT2D eigenvalue weighted by atomic mass is 32.1. The van der Waals surface area contributed by atoms with Gasteiger partial charge >= 0.3 is 0 Å². The molecule has 0 spiro atoms. The topological polar surface area (TPSA) is 185 Å². The van der Waals surface area contributed by atoms with Crippen LogP contribution in [0.5, 0.6) is 0 Å². The average molecular weight is 427 g/mol. The smallest absolute Gasteiger partial charge is 0.166 e. The molecule has 30 heavy (non-hydrogen) atoms. The van der Waals surface area contributed by atoms with Gasteiger partial charge in [-0.25, -0.2) is 0 Å². The van der Waals surface area contributed by atoms with Crippen molar-refractivity contribution in [3.8, 4) is 0 Å². The third-order valence-electron chi connectivity index (χ3n) is 3.95. The Morgan fingerprint density at radius 1 is 0.900 bits per heavy atom. The maximum Gasteiger partial charge on any atom is 0.166 e. The lowest BCUT2D eigenvalue weighted by Gasteiger charge is -2.10. The average Bonchev–Trinajstić information content (AvgIpc) is 2.75. The van der Waals surface area contributed by atoms with Crippen molar-refractivity contribution < 1.29 is 0 Å². The Balaban J connectivity index is 2.23. The fourth-order valence-electron chi connectivity index (χ4n) is 2.59. The Labute approximate surface area is 173 Å². The summed E-state index contributed by atoms with van der Waals surface area (Å²) in [6.07, 6.45) is 1.46. The number of nitroso groups, excluding NO2 is 5. The zero-order valence-corrected chi connectivity index (χ0v) is 16.2. The maximum atomic E-state index is 10.9. The fraction of sp³-hybridized carbons (Fsp3) is 0.118. The molecule has 13 heteroatoms. The van der Waals surface area contributed by atoms with Crippen molar-refractivity contribution in [1.29, 1.82) is 0 Å². The lowest BCUT2D eigenvalue weighted by Crippen LogP contribution is -2.26. The first-order valence-corrected chi connectivity index (χ1v) is 8.53. The summed E-state index contributed by atoms with van der Waals surface area (Å²) in [5.74, 6) is 0. The van der Waals surface area contributed by atoms with Gasteiger partial charge in [0.05, 0.1) is 5.70 Å². The summed E-state index contributed by atoms with van der Waals surface area (Å²) in [5, 5.41) is 16.3. The van der Waals surface area contributed by atoms with Crippen molar-refractivity contribution in [3.05, 3.63) is 71.2 Å². The standard InChI is InChI=1S/C17H13N7O5S/c1-8-2-9(4-12(20-25)15(8)23-28)3-11(18)17(30)19-7-10-5-13(21-26)16(24-29)14(6-10)22-27/h2-6H,7,18H2,1H3,(H,19,30)/b11-3-. The molecule has 2 aromatic rings. The van der Waals surface area contributed by atoms with Crippen molar-refractivity contribution in [1.82, 2.24) is 5.32 Å². The van der Waals surface area contributed by atoms with E-state index in [4.69, 9.17) is 18.0 Å². The highest BCUT2D eigenvalue weighted by Gasteiger charge is 2.14. The molecule has 12 nitrogen and oxygen atoms in total. The number of rotatable bonds is 9. The van der Waals surface area contributed by atoms with Crippen molar-refractivity contribution in [2.45, 2.75) is 13.5 Å². The van der Waals surface area contributed by atoms with Crippen molar-refractivity contribution >= 4 is 51.7 Å². The van der Waals surface area contributed by atoms with Gasteiger partial charge in [-0.1, -0.05) is 12.2 Å². The number of hydrogen-bond donors (Lipinski definition) is 2. The second-order valence-electron chi connectivity index (χ2n) is 5.93. The molecular weight excluding hydrogens is 414 g/mol. The summed E-state index contributed by atoms with van der Waals surface area (Å²) in [7, 11) is 0. The van der Waals surface area contributed by atoms with E-state index in [2.05, 4.69) is 31.2 Å². The molecule has 0 fully saturated rings. The zero-order valence-electron chi connectivity index (χ0n) is 15.4. The summed E-state index contributed by atoms with van der Waals surface area (Å²) in [5.41, 5.74) is 6.06. The summed E-state index contributed by atoms with van der Waals surface area (Å²) in [6.45, 7) is 1.62. The van der Waals surface area contributed by atoms with E-state index >= 15 is 0 Å². The van der Waals surface area contributed by atoms with E-state index in [-0.39, 0.29) is 40.0 Å². The summed E-state index contributed by atoms with van der Waals surface area (Å²) in [6, 6.07) is 5.42. The van der Waals surface area contributed by atoms with Gasteiger partial charge < -0.3 is 11.1 Å². The van der Waals surface area contributed by atoms with Gasteiger partial charge in [-0.15, -0.1) is 24.5 Å². The monoisotopic (exact) mass is 427 g/mol. The number of benzene rings is 2. The van der Waals surface area contributed by atoms with Crippen molar-refractivity contribution in [2.24, 2.45) is 31.6 Å². The molecule has 0 aromatic heterocycles. The van der Waals surface area contributed by atoms with Crippen LogP contribution in [0.15, 0.2) is 55.8 Å². The van der Waals surface area contributed by atoms with Crippen LogP contribution in [0.25, 0.3) is 6.08 Å². The van der Waals surface area contributed by atoms with Gasteiger partial charge in [0.1, 0.15) is 27.7 Å². The first-order valence-electron chi connectivity index (χ1n) is 8.12. The quantitative estimate of drug-likeness (QED) is 0.302. The molecule has 0 bridgehead atoms. The molecule has 0 heterocycles. The van der Waals surface area contributed by atoms with E-state index in [9.17, 15) is 24.5 Å². The van der Waals surface area contributed by atoms with Crippen LogP contribution in [0.4, 0.5) is 28.4 Å². The molecule has 2 aromatic carbocycles. The lowest BCUT2D eigenvalue weighted by molar-refractivity contribution is 0.925. The van der Waals surface area contributed by atoms with Gasteiger partial charge in [0.25, 0.3) is 0 Å². The third kappa shape index (κ3) is 4.82. The van der Waals surface area contributed by atoms with E-state index in [1.165, 1.54) is 24.3 Å². The van der Waals surface area contributed by atoms with Crippen LogP contribution in [0, 0.1) is 31.5 Å². The Kier molecular flexibility index (Phi) is 7.30. The van der Waals surface area contributed by atoms with Crippen molar-refractivity contribution in [3.63, 3.8) is 0 Å². The number of thiocarbonyl (C=S) groups is 1. The SMILES string of the molecule is Cc1cc(/C=C(\N)C(=S)NCc2cc(N=O)c(N=O)c(N=O)c2)cc(N=O)c1N=O. The molecule has 2 rings (SSSR count). The molecule has 0 saturated carbocycles. The Hall–Kier alpha value is -4.13. The summed E-state index contributed by atoms with van der Waals surface area (Å²) in [4.78, 5) is 54.3. The second kappa shape index (κ2) is 9.88. The van der Waals surface area contributed by atoms with Gasteiger partial charge in [0.2, 0.25) is 0 Å². The maximum absolute atomic E-state index is 10.9. The van der Waals surface area contributed by atoms with Crippen LogP contribution in [-0.2, 0) is 6.54 Å². The minimum atomic E-state index is -0.450. The van der Waals surface area contributed by atoms with Crippen LogP contribution in [0.1, 0.15) is 16.7 Å². The fourth-order valence-corrected chi connectivity index (χ4v) is 2.72. The van der Waals surface area contributed by atoms with Crippen LogP contribution in [-0.4, -0.2) is 4.99 Å². The third-order valence-corrected chi connectivity index (χ3v) is 4.33. The minimum Gasteiger partial charge on any atom is -0.396 e. The molecule has 3 N–H and O–H groups in total. The molecular formula is C17H13N7O5S. The first kappa shape index (κ1) is 22.2. The molecule has 0 radical (unpaired) electrons. The van der Waals surface area contributed by atoms with Gasteiger partial charge in [-0.3, -0.25) is 0 Å². The molecule has 0 aliphatic rings. The van der Waals surface area contributed by atoms with Gasteiger partial charge in [0.15, 0.2) is 5.69 Å². The molecule has 152 valence electrons. The predicted octanol–water partition coefficient (Wildman–Crippen LogP) is 5.40. The number of hydrogen-bond acceptors (Lipinski definition) is 12. The number of nitrogens with one attached hydrogen (secondary N) is 1. The van der Waals surface area contributed by atoms with E-state index in [0.717, 1.165) is 0 Å². The zero-order chi connectivity index (χ0) is 22.3. The molecule has 0 atom stereocenters. The molecule has 0 saturated heterocycles. The van der Waals surface area contributed by atoms with Crippen LogP contribution >= 0.6 is 12.2 Å². The Bertz CT molecular complexity index is 1070. The lowest BCUT2D eigenvalue weighted by atomic mass is 10.1. The number of nitrogens with zero attached hydrogens (tertiary/aromatic N) is 5. The normalized spacial score (nSPS) is 10.8. The summed E-state index contributed by atoms with van der Waals surface area (Å²) >= 11 is 5.19. The summed E-state index contributed by atoms with van der Waals surface area (Å²) < 4.78 is 0. The van der Waals surface area contributed by atoms with Crippen LogP contribution in [0.2, 0.25) is 0 Å². The predicted molar refractivity (Wildman–Crippen MR) is 116 cm³/mol. The van der Waals surface area contributed by atoms with E-state index < -0.39 is 5.69 Å². The van der Waals surface area contributed by atoms with E-state index in [1.807, 2.05) is 0 Å². The number of nitrogens with two attached hydrogens (primary N) is 1. The van der Waals surface area contributed by atoms with E-state index in [1.54, 1.807) is 13.0 Å². The molecule has 0 unspecified atom stereocenters. The highest BCUT2D eigenvalue weighted by molar-refractivity contribution is 7.80. The highest BCUT2D eigenvalue weighted by Crippen LogP contribution is 2.38. The Morgan fingerprint density at radius 2 is 1.43 bits per heavy atom. The van der Waals surface area contributed by atoms with Gasteiger partial charge in [0, 0.05) is 6.54 Å². The molecule has 0 aliphatic heterocycles. The van der Waals surface area contributed by atoms with Gasteiger partial charge in [-0.2, -0.15) is 0 Å². The van der Waals surface area contributed by atoms with E-state index in [0.29, 0.717) is 16.7 Å². The largest absolute Gasteiger partial charge is 0.396 e. The second-order valence-corrected chi connectivity index (χ2v) is 6.34. The van der Waals surface area contributed by atoms with Crippen LogP contribution < -0.4 is 11.1 Å². The van der Waals surface area contributed by atoms with Gasteiger partial charge in [-0.05, 0) is 79.8 Å². The first-order chi connectivity index (χ1) is 14.4. The van der Waals surface area contributed by atoms with Crippen molar-refractivity contribution in [2.75, 3.05) is 0 Å². The minimum absolute atomic E-state index is 0.0335. The Morgan fingerprint density at radius 3 is 1.93 bits per heavy atom.